The number of fused-ring (bicyclic) bond motifs is 7. The van der Waals surface area contributed by atoms with Crippen molar-refractivity contribution in [3.63, 3.8) is 0 Å². The Morgan fingerprint density at radius 1 is 1.09 bits per heavy atom. The molecule has 4 heteroatoms. The average Bonchev–Trinajstić information content (AvgIpc) is 3.25. The Kier molecular flexibility index (Phi) is 6.43. The first kappa shape index (κ1) is 24.1. The molecule has 0 aromatic carbocycles. The molecule has 0 unspecified atom stereocenters. The van der Waals surface area contributed by atoms with Crippen LogP contribution in [0.5, 0.6) is 0 Å². The van der Waals surface area contributed by atoms with Crippen LogP contribution in [-0.2, 0) is 14.3 Å². The molecule has 4 nitrogen and oxygen atoms in total. The molecule has 0 spiro atoms. The lowest BCUT2D eigenvalue weighted by Crippen LogP contribution is -2.54. The van der Waals surface area contributed by atoms with Gasteiger partial charge in [0.25, 0.3) is 0 Å². The minimum absolute atomic E-state index is 0.110. The standard InChI is InChI=1S/C29H48O4/c1-17(16-30)6-9-25-18(2)27-26(33-25)15-24-22-8-7-20-14-21(32-19(3)31)10-12-28(20,4)23(22)11-13-29(24,27)5/h17-18,20-27,30H,6-16H2,1-5H3/t17-,18-,20+,21+,22-,23+,24+,25-,26+,27+,28+,29+/m1/s1. The number of carbonyl (C=O) groups is 1. The highest BCUT2D eigenvalue weighted by Crippen LogP contribution is 2.70. The second-order valence-corrected chi connectivity index (χ2v) is 13.4. The smallest absolute Gasteiger partial charge is 0.302 e. The van der Waals surface area contributed by atoms with E-state index in [-0.39, 0.29) is 18.7 Å². The molecular weight excluding hydrogens is 412 g/mol. The quantitative estimate of drug-likeness (QED) is 0.511. The van der Waals surface area contributed by atoms with Crippen LogP contribution in [0, 0.1) is 52.3 Å². The van der Waals surface area contributed by atoms with Crippen molar-refractivity contribution in [1.29, 1.82) is 0 Å². The number of hydrogen-bond donors (Lipinski definition) is 1. The highest BCUT2D eigenvalue weighted by Gasteiger charge is 2.65. The molecule has 0 bridgehead atoms. The summed E-state index contributed by atoms with van der Waals surface area (Å²) in [6.45, 7) is 11.7. The summed E-state index contributed by atoms with van der Waals surface area (Å²) in [5.74, 6) is 4.84. The Hall–Kier alpha value is -0.610. The van der Waals surface area contributed by atoms with Crippen LogP contribution in [0.2, 0.25) is 0 Å². The second kappa shape index (κ2) is 8.80. The highest BCUT2D eigenvalue weighted by atomic mass is 16.5. The fourth-order valence-corrected chi connectivity index (χ4v) is 10.1. The van der Waals surface area contributed by atoms with Crippen molar-refractivity contribution >= 4 is 5.97 Å². The molecule has 1 N–H and O–H groups in total. The number of esters is 1. The van der Waals surface area contributed by atoms with E-state index in [9.17, 15) is 9.90 Å². The maximum atomic E-state index is 11.5. The summed E-state index contributed by atoms with van der Waals surface area (Å²) in [5.41, 5.74) is 0.856. The number of carbonyl (C=O) groups excluding carboxylic acids is 1. The molecule has 0 radical (unpaired) electrons. The maximum absolute atomic E-state index is 11.5. The predicted octanol–water partition coefficient (Wildman–Crippen LogP) is 6.00. The van der Waals surface area contributed by atoms with Crippen LogP contribution >= 0.6 is 0 Å². The number of hydrogen-bond acceptors (Lipinski definition) is 4. The third kappa shape index (κ3) is 3.90. The van der Waals surface area contributed by atoms with Gasteiger partial charge in [0.15, 0.2) is 0 Å². The van der Waals surface area contributed by atoms with Crippen molar-refractivity contribution in [1.82, 2.24) is 0 Å². The summed E-state index contributed by atoms with van der Waals surface area (Å²) < 4.78 is 12.4. The minimum atomic E-state index is -0.110. The number of rotatable bonds is 5. The van der Waals surface area contributed by atoms with Gasteiger partial charge in [0.1, 0.15) is 6.10 Å². The van der Waals surface area contributed by atoms with Gasteiger partial charge in [-0.1, -0.05) is 27.7 Å². The first-order chi connectivity index (χ1) is 15.7. The topological polar surface area (TPSA) is 55.8 Å². The molecule has 33 heavy (non-hydrogen) atoms. The molecule has 1 aliphatic heterocycles. The van der Waals surface area contributed by atoms with E-state index in [0.29, 0.717) is 40.8 Å². The van der Waals surface area contributed by atoms with Crippen molar-refractivity contribution in [2.24, 2.45) is 52.3 Å². The van der Waals surface area contributed by atoms with Crippen molar-refractivity contribution in [3.8, 4) is 0 Å². The fraction of sp³-hybridized carbons (Fsp3) is 0.966. The van der Waals surface area contributed by atoms with E-state index < -0.39 is 0 Å². The van der Waals surface area contributed by atoms with E-state index >= 15 is 0 Å². The fourth-order valence-electron chi connectivity index (χ4n) is 10.1. The molecule has 0 amide bonds. The molecule has 1 saturated heterocycles. The van der Waals surface area contributed by atoms with Crippen LogP contribution in [0.15, 0.2) is 0 Å². The van der Waals surface area contributed by atoms with Gasteiger partial charge in [-0.15, -0.1) is 0 Å². The molecular formula is C29H48O4. The average molecular weight is 461 g/mol. The van der Waals surface area contributed by atoms with E-state index in [4.69, 9.17) is 9.47 Å². The third-order valence-electron chi connectivity index (χ3n) is 11.8. The molecule has 5 rings (SSSR count). The zero-order valence-corrected chi connectivity index (χ0v) is 21.7. The lowest BCUT2D eigenvalue weighted by molar-refractivity contribution is -0.160. The van der Waals surface area contributed by atoms with Gasteiger partial charge in [-0.25, -0.2) is 0 Å². The van der Waals surface area contributed by atoms with E-state index in [0.717, 1.165) is 49.4 Å². The van der Waals surface area contributed by atoms with E-state index in [1.807, 2.05) is 0 Å². The largest absolute Gasteiger partial charge is 0.463 e. The zero-order valence-electron chi connectivity index (χ0n) is 21.7. The Bertz CT molecular complexity index is 737. The second-order valence-electron chi connectivity index (χ2n) is 13.4. The van der Waals surface area contributed by atoms with Gasteiger partial charge in [0, 0.05) is 13.5 Å². The van der Waals surface area contributed by atoms with Gasteiger partial charge >= 0.3 is 5.97 Å². The maximum Gasteiger partial charge on any atom is 0.302 e. The van der Waals surface area contributed by atoms with Crippen LogP contribution in [0.1, 0.15) is 98.8 Å². The normalized spacial score (nSPS) is 51.8. The van der Waals surface area contributed by atoms with Crippen molar-refractivity contribution < 1.29 is 19.4 Å². The number of aliphatic hydroxyl groups is 1. The van der Waals surface area contributed by atoms with Gasteiger partial charge in [0.2, 0.25) is 0 Å². The molecule has 188 valence electrons. The molecule has 5 aliphatic rings. The molecule has 1 heterocycles. The van der Waals surface area contributed by atoms with Crippen LogP contribution in [-0.4, -0.2) is 36.0 Å². The molecule has 12 atom stereocenters. The Balaban J connectivity index is 1.29. The summed E-state index contributed by atoms with van der Waals surface area (Å²) in [4.78, 5) is 11.5. The van der Waals surface area contributed by atoms with Crippen LogP contribution in [0.3, 0.4) is 0 Å². The van der Waals surface area contributed by atoms with Gasteiger partial charge in [-0.2, -0.15) is 0 Å². The molecule has 5 fully saturated rings. The first-order valence-electron chi connectivity index (χ1n) is 14.1. The monoisotopic (exact) mass is 460 g/mol. The predicted molar refractivity (Wildman–Crippen MR) is 129 cm³/mol. The Morgan fingerprint density at radius 2 is 1.85 bits per heavy atom. The summed E-state index contributed by atoms with van der Waals surface area (Å²) in [6, 6.07) is 0. The molecule has 0 aromatic rings. The first-order valence-corrected chi connectivity index (χ1v) is 14.1. The van der Waals surface area contributed by atoms with Crippen molar-refractivity contribution in [2.75, 3.05) is 6.61 Å². The third-order valence-corrected chi connectivity index (χ3v) is 11.8. The summed E-state index contributed by atoms with van der Waals surface area (Å²) >= 11 is 0. The van der Waals surface area contributed by atoms with E-state index in [1.165, 1.54) is 38.5 Å². The molecule has 0 aromatic heterocycles. The van der Waals surface area contributed by atoms with Crippen LogP contribution in [0.25, 0.3) is 0 Å². The molecule has 4 aliphatic carbocycles. The van der Waals surface area contributed by atoms with E-state index in [1.54, 1.807) is 6.92 Å². The SMILES string of the molecule is CC(=O)O[C@H]1CC[C@@]2(C)[C@@H](CC[C@@H]3[C@@H]2CC[C@]2(C)[C@H]4[C@H](C)[C@@H](CC[C@@H](C)CO)O[C@H]4C[C@@H]32)C1. The number of ether oxygens (including phenoxy) is 2. The van der Waals surface area contributed by atoms with Gasteiger partial charge in [-0.05, 0) is 116 Å². The Morgan fingerprint density at radius 3 is 2.58 bits per heavy atom. The number of aliphatic hydroxyl groups excluding tert-OH is 1. The minimum Gasteiger partial charge on any atom is -0.463 e. The summed E-state index contributed by atoms with van der Waals surface area (Å²) in [5, 5.41) is 9.43. The lowest BCUT2D eigenvalue weighted by Gasteiger charge is -2.61. The summed E-state index contributed by atoms with van der Waals surface area (Å²) in [6.07, 6.45) is 13.2. The van der Waals surface area contributed by atoms with Crippen LogP contribution in [0.4, 0.5) is 0 Å². The van der Waals surface area contributed by atoms with Crippen molar-refractivity contribution in [3.05, 3.63) is 0 Å². The highest BCUT2D eigenvalue weighted by molar-refractivity contribution is 5.66. The van der Waals surface area contributed by atoms with E-state index in [2.05, 4.69) is 27.7 Å². The molecule has 4 saturated carbocycles. The van der Waals surface area contributed by atoms with Crippen LogP contribution < -0.4 is 0 Å². The van der Waals surface area contributed by atoms with Gasteiger partial charge in [0.05, 0.1) is 12.2 Å². The van der Waals surface area contributed by atoms with Gasteiger partial charge in [-0.3, -0.25) is 4.79 Å². The lowest BCUT2D eigenvalue weighted by atomic mass is 9.44. The Labute approximate surface area is 201 Å². The van der Waals surface area contributed by atoms with Crippen molar-refractivity contribution in [2.45, 2.75) is 117 Å². The van der Waals surface area contributed by atoms with Gasteiger partial charge < -0.3 is 14.6 Å². The summed E-state index contributed by atoms with van der Waals surface area (Å²) in [7, 11) is 0. The zero-order chi connectivity index (χ0) is 23.5.